The highest BCUT2D eigenvalue weighted by Crippen LogP contribution is 1.93. The van der Waals surface area contributed by atoms with E-state index < -0.39 is 0 Å². The van der Waals surface area contributed by atoms with Gasteiger partial charge in [-0.2, -0.15) is 0 Å². The maximum atomic E-state index is 9.95. The molecule has 0 spiro atoms. The van der Waals surface area contributed by atoms with Gasteiger partial charge in [-0.15, -0.1) is 23.7 Å². The first kappa shape index (κ1) is 11.8. The Morgan fingerprint density at radius 2 is 1.62 bits per heavy atom. The lowest BCUT2D eigenvalue weighted by Gasteiger charge is -1.85. The lowest BCUT2D eigenvalue weighted by molar-refractivity contribution is -0.107. The van der Waals surface area contributed by atoms with Crippen molar-refractivity contribution in [3.8, 4) is 23.7 Å². The van der Waals surface area contributed by atoms with E-state index >= 15 is 0 Å². The first-order chi connectivity index (χ1) is 6.41. The molecule has 0 aromatic heterocycles. The van der Waals surface area contributed by atoms with Gasteiger partial charge in [-0.05, 0) is 19.8 Å². The molecule has 13 heavy (non-hydrogen) atoms. The topological polar surface area (TPSA) is 17.1 Å². The van der Waals surface area contributed by atoms with E-state index in [0.717, 1.165) is 38.4 Å². The standard InChI is InChI=1S/C12H16O/c1-2-3-4-5-6-7-8-9-10-11-12-13/h12H,4-6,9-11H2,1H3. The highest BCUT2D eigenvalue weighted by Gasteiger charge is 1.81. The normalized spacial score (nSPS) is 7.77. The number of unbranched alkanes of at least 4 members (excludes halogenated alkanes) is 4. The summed E-state index contributed by atoms with van der Waals surface area (Å²) in [5, 5.41) is 0. The van der Waals surface area contributed by atoms with Gasteiger partial charge in [0.15, 0.2) is 0 Å². The van der Waals surface area contributed by atoms with Gasteiger partial charge in [-0.1, -0.05) is 0 Å². The van der Waals surface area contributed by atoms with E-state index in [2.05, 4.69) is 23.7 Å². The summed E-state index contributed by atoms with van der Waals surface area (Å²) in [5.74, 6) is 12.0. The van der Waals surface area contributed by atoms with Crippen molar-refractivity contribution in [2.24, 2.45) is 0 Å². The third-order valence-corrected chi connectivity index (χ3v) is 1.53. The molecule has 0 aliphatic rings. The second-order valence-corrected chi connectivity index (χ2v) is 2.69. The quantitative estimate of drug-likeness (QED) is 0.357. The molecule has 0 amide bonds. The van der Waals surface area contributed by atoms with Crippen LogP contribution in [0.5, 0.6) is 0 Å². The zero-order chi connectivity index (χ0) is 9.78. The van der Waals surface area contributed by atoms with Gasteiger partial charge >= 0.3 is 0 Å². The monoisotopic (exact) mass is 176 g/mol. The van der Waals surface area contributed by atoms with E-state index in [9.17, 15) is 4.79 Å². The Labute approximate surface area is 80.9 Å². The fraction of sp³-hybridized carbons (Fsp3) is 0.583. The molecule has 0 N–H and O–H groups in total. The predicted molar refractivity (Wildman–Crippen MR) is 55.0 cm³/mol. The summed E-state index contributed by atoms with van der Waals surface area (Å²) in [6, 6.07) is 0. The summed E-state index contributed by atoms with van der Waals surface area (Å²) in [6.07, 6.45) is 6.24. The number of carbonyl (C=O) groups excluding carboxylic acids is 1. The van der Waals surface area contributed by atoms with Gasteiger partial charge in [0.2, 0.25) is 0 Å². The van der Waals surface area contributed by atoms with Crippen LogP contribution in [0.25, 0.3) is 0 Å². The van der Waals surface area contributed by atoms with Crippen molar-refractivity contribution in [1.29, 1.82) is 0 Å². The highest BCUT2D eigenvalue weighted by molar-refractivity contribution is 5.49. The van der Waals surface area contributed by atoms with Gasteiger partial charge in [0.05, 0.1) is 0 Å². The van der Waals surface area contributed by atoms with Crippen LogP contribution in [0.2, 0.25) is 0 Å². The Balaban J connectivity index is 3.18. The minimum absolute atomic E-state index is 0.635. The van der Waals surface area contributed by atoms with Crippen molar-refractivity contribution in [3.05, 3.63) is 0 Å². The summed E-state index contributed by atoms with van der Waals surface area (Å²) in [5.41, 5.74) is 0. The Kier molecular flexibility index (Phi) is 9.79. The van der Waals surface area contributed by atoms with E-state index in [1.165, 1.54) is 0 Å². The van der Waals surface area contributed by atoms with Gasteiger partial charge in [0, 0.05) is 25.7 Å². The van der Waals surface area contributed by atoms with Gasteiger partial charge in [0.25, 0.3) is 0 Å². The molecule has 0 rings (SSSR count). The lowest BCUT2D eigenvalue weighted by atomic mass is 10.2. The van der Waals surface area contributed by atoms with Crippen molar-refractivity contribution < 1.29 is 4.79 Å². The molecule has 70 valence electrons. The Bertz CT molecular complexity index is 231. The predicted octanol–water partition coefficient (Wildman–Crippen LogP) is 2.55. The molecule has 1 heteroatoms. The molecule has 1 nitrogen and oxygen atoms in total. The minimum Gasteiger partial charge on any atom is -0.303 e. The molecule has 0 saturated carbocycles. The molecule has 0 heterocycles. The van der Waals surface area contributed by atoms with Crippen LogP contribution >= 0.6 is 0 Å². The van der Waals surface area contributed by atoms with Gasteiger partial charge < -0.3 is 4.79 Å². The smallest absolute Gasteiger partial charge is 0.120 e. The molecule has 0 atom stereocenters. The molecular formula is C12H16O. The average Bonchev–Trinajstić information content (AvgIpc) is 2.16. The van der Waals surface area contributed by atoms with Crippen molar-refractivity contribution in [3.63, 3.8) is 0 Å². The number of carbonyl (C=O) groups is 1. The van der Waals surface area contributed by atoms with Crippen LogP contribution in [0.15, 0.2) is 0 Å². The molecule has 0 saturated heterocycles. The van der Waals surface area contributed by atoms with Crippen LogP contribution < -0.4 is 0 Å². The molecular weight excluding hydrogens is 160 g/mol. The minimum atomic E-state index is 0.635. The third kappa shape index (κ3) is 10.8. The summed E-state index contributed by atoms with van der Waals surface area (Å²) < 4.78 is 0. The van der Waals surface area contributed by atoms with Gasteiger partial charge in [0.1, 0.15) is 6.29 Å². The van der Waals surface area contributed by atoms with E-state index in [0.29, 0.717) is 6.42 Å². The van der Waals surface area contributed by atoms with E-state index in [4.69, 9.17) is 0 Å². The molecule has 0 unspecified atom stereocenters. The van der Waals surface area contributed by atoms with Crippen molar-refractivity contribution in [2.45, 2.75) is 45.4 Å². The SMILES string of the molecule is CC#CCCCC#CCCCC=O. The van der Waals surface area contributed by atoms with Crippen molar-refractivity contribution >= 4 is 6.29 Å². The third-order valence-electron chi connectivity index (χ3n) is 1.53. The molecule has 0 bridgehead atoms. The Morgan fingerprint density at radius 3 is 2.23 bits per heavy atom. The zero-order valence-electron chi connectivity index (χ0n) is 8.23. The second kappa shape index (κ2) is 10.8. The van der Waals surface area contributed by atoms with E-state index in [-0.39, 0.29) is 0 Å². The molecule has 0 aliphatic carbocycles. The fourth-order valence-electron chi connectivity index (χ4n) is 0.841. The first-order valence-electron chi connectivity index (χ1n) is 4.70. The van der Waals surface area contributed by atoms with Gasteiger partial charge in [-0.3, -0.25) is 0 Å². The summed E-state index contributed by atoms with van der Waals surface area (Å²) >= 11 is 0. The fourth-order valence-corrected chi connectivity index (χ4v) is 0.841. The zero-order valence-corrected chi connectivity index (χ0v) is 8.23. The van der Waals surface area contributed by atoms with Crippen LogP contribution in [0.3, 0.4) is 0 Å². The maximum absolute atomic E-state index is 9.95. The van der Waals surface area contributed by atoms with Crippen LogP contribution in [-0.4, -0.2) is 6.29 Å². The molecule has 0 aromatic rings. The number of hydrogen-bond donors (Lipinski definition) is 0. The van der Waals surface area contributed by atoms with Crippen molar-refractivity contribution in [2.75, 3.05) is 0 Å². The summed E-state index contributed by atoms with van der Waals surface area (Å²) in [4.78, 5) is 9.95. The molecule has 0 aliphatic heterocycles. The number of rotatable bonds is 5. The summed E-state index contributed by atoms with van der Waals surface area (Å²) in [7, 11) is 0. The summed E-state index contributed by atoms with van der Waals surface area (Å²) in [6.45, 7) is 1.85. The van der Waals surface area contributed by atoms with Crippen LogP contribution in [-0.2, 0) is 4.79 Å². The maximum Gasteiger partial charge on any atom is 0.120 e. The average molecular weight is 176 g/mol. The molecule has 0 fully saturated rings. The Hall–Kier alpha value is -1.21. The van der Waals surface area contributed by atoms with Crippen LogP contribution in [0.1, 0.15) is 45.4 Å². The molecule has 0 aromatic carbocycles. The van der Waals surface area contributed by atoms with Crippen LogP contribution in [0, 0.1) is 23.7 Å². The second-order valence-electron chi connectivity index (χ2n) is 2.69. The van der Waals surface area contributed by atoms with Crippen LogP contribution in [0.4, 0.5) is 0 Å². The number of aldehydes is 1. The Morgan fingerprint density at radius 1 is 1.00 bits per heavy atom. The largest absolute Gasteiger partial charge is 0.303 e. The lowest BCUT2D eigenvalue weighted by Crippen LogP contribution is -1.74. The van der Waals surface area contributed by atoms with Gasteiger partial charge in [-0.25, -0.2) is 0 Å². The highest BCUT2D eigenvalue weighted by atomic mass is 16.1. The van der Waals surface area contributed by atoms with E-state index in [1.807, 2.05) is 6.92 Å². The number of hydrogen-bond acceptors (Lipinski definition) is 1. The first-order valence-corrected chi connectivity index (χ1v) is 4.70. The van der Waals surface area contributed by atoms with E-state index in [1.54, 1.807) is 0 Å². The van der Waals surface area contributed by atoms with Crippen molar-refractivity contribution in [1.82, 2.24) is 0 Å². The molecule has 0 radical (unpaired) electrons.